The van der Waals surface area contributed by atoms with E-state index in [1.807, 2.05) is 30.9 Å². The highest BCUT2D eigenvalue weighted by Crippen LogP contribution is 2.16. The van der Waals surface area contributed by atoms with Crippen molar-refractivity contribution < 1.29 is 0 Å². The molecule has 0 unspecified atom stereocenters. The van der Waals surface area contributed by atoms with E-state index in [2.05, 4.69) is 26.1 Å². The fourth-order valence-corrected chi connectivity index (χ4v) is 1.95. The second-order valence-electron chi connectivity index (χ2n) is 3.49. The summed E-state index contributed by atoms with van der Waals surface area (Å²) in [5.41, 5.74) is 7.74. The Balaban J connectivity index is 2.29. The van der Waals surface area contributed by atoms with E-state index >= 15 is 0 Å². The van der Waals surface area contributed by atoms with Crippen LogP contribution in [0.2, 0.25) is 0 Å². The van der Waals surface area contributed by atoms with Gasteiger partial charge in [0, 0.05) is 30.6 Å². The van der Waals surface area contributed by atoms with Gasteiger partial charge in [-0.3, -0.25) is 9.36 Å². The summed E-state index contributed by atoms with van der Waals surface area (Å²) in [6.07, 6.45) is 1.96. The van der Waals surface area contributed by atoms with Gasteiger partial charge >= 0.3 is 0 Å². The SMILES string of the molecule is Cc1cc(N)nn1Cc1cn(C)nc1Br. The molecular formula is C9H12BrN5. The van der Waals surface area contributed by atoms with Gasteiger partial charge in [-0.15, -0.1) is 0 Å². The van der Waals surface area contributed by atoms with Gasteiger partial charge in [0.25, 0.3) is 0 Å². The molecule has 0 fully saturated rings. The summed E-state index contributed by atoms with van der Waals surface area (Å²) >= 11 is 3.40. The molecule has 0 saturated carbocycles. The van der Waals surface area contributed by atoms with Gasteiger partial charge in [0.2, 0.25) is 0 Å². The molecule has 0 aliphatic carbocycles. The number of aromatic nitrogens is 4. The minimum absolute atomic E-state index is 0.549. The van der Waals surface area contributed by atoms with Gasteiger partial charge in [0.05, 0.1) is 6.54 Å². The smallest absolute Gasteiger partial charge is 0.145 e. The van der Waals surface area contributed by atoms with Crippen molar-refractivity contribution in [2.75, 3.05) is 5.73 Å². The molecule has 0 radical (unpaired) electrons. The van der Waals surface area contributed by atoms with E-state index in [1.54, 1.807) is 4.68 Å². The predicted molar refractivity (Wildman–Crippen MR) is 61.4 cm³/mol. The maximum Gasteiger partial charge on any atom is 0.145 e. The second kappa shape index (κ2) is 3.69. The quantitative estimate of drug-likeness (QED) is 0.895. The lowest BCUT2D eigenvalue weighted by Crippen LogP contribution is -2.04. The predicted octanol–water partition coefficient (Wildman–Crippen LogP) is 1.32. The molecular weight excluding hydrogens is 258 g/mol. The van der Waals surface area contributed by atoms with Crippen LogP contribution < -0.4 is 5.73 Å². The van der Waals surface area contributed by atoms with Crippen LogP contribution >= 0.6 is 15.9 Å². The number of nitrogen functional groups attached to an aromatic ring is 1. The highest BCUT2D eigenvalue weighted by molar-refractivity contribution is 9.10. The highest BCUT2D eigenvalue weighted by atomic mass is 79.9. The van der Waals surface area contributed by atoms with E-state index in [0.717, 1.165) is 15.9 Å². The molecule has 0 atom stereocenters. The summed E-state index contributed by atoms with van der Waals surface area (Å²) in [5.74, 6) is 0.549. The Morgan fingerprint density at radius 2 is 2.20 bits per heavy atom. The summed E-state index contributed by atoms with van der Waals surface area (Å²) in [6.45, 7) is 2.66. The van der Waals surface area contributed by atoms with Crippen LogP contribution in [0.4, 0.5) is 5.82 Å². The molecule has 0 aliphatic heterocycles. The minimum atomic E-state index is 0.549. The Morgan fingerprint density at radius 1 is 1.47 bits per heavy atom. The maximum atomic E-state index is 5.61. The number of aryl methyl sites for hydroxylation is 2. The number of anilines is 1. The third-order valence-corrected chi connectivity index (χ3v) is 2.84. The molecule has 0 bridgehead atoms. The average Bonchev–Trinajstić information content (AvgIpc) is 2.58. The topological polar surface area (TPSA) is 61.7 Å². The summed E-state index contributed by atoms with van der Waals surface area (Å²) in [5, 5.41) is 8.40. The minimum Gasteiger partial charge on any atom is -0.382 e. The molecule has 0 aliphatic rings. The van der Waals surface area contributed by atoms with Crippen LogP contribution in [0.25, 0.3) is 0 Å². The summed E-state index contributed by atoms with van der Waals surface area (Å²) in [6, 6.07) is 1.85. The van der Waals surface area contributed by atoms with Gasteiger partial charge < -0.3 is 5.73 Å². The fourth-order valence-electron chi connectivity index (χ4n) is 1.47. The second-order valence-corrected chi connectivity index (χ2v) is 4.24. The lowest BCUT2D eigenvalue weighted by molar-refractivity contribution is 0.666. The van der Waals surface area contributed by atoms with Crippen LogP contribution in [-0.2, 0) is 13.6 Å². The van der Waals surface area contributed by atoms with Gasteiger partial charge in [-0.25, -0.2) is 0 Å². The first-order valence-corrected chi connectivity index (χ1v) is 5.33. The van der Waals surface area contributed by atoms with E-state index in [0.29, 0.717) is 12.4 Å². The first kappa shape index (κ1) is 10.2. The van der Waals surface area contributed by atoms with Crippen molar-refractivity contribution in [3.63, 3.8) is 0 Å². The van der Waals surface area contributed by atoms with Crippen molar-refractivity contribution in [2.24, 2.45) is 7.05 Å². The van der Waals surface area contributed by atoms with Crippen molar-refractivity contribution in [3.8, 4) is 0 Å². The molecule has 0 amide bonds. The average molecular weight is 270 g/mol. The fraction of sp³-hybridized carbons (Fsp3) is 0.333. The van der Waals surface area contributed by atoms with Gasteiger partial charge in [-0.05, 0) is 22.9 Å². The van der Waals surface area contributed by atoms with Crippen molar-refractivity contribution in [3.05, 3.63) is 28.1 Å². The summed E-state index contributed by atoms with van der Waals surface area (Å²) in [7, 11) is 1.89. The maximum absolute atomic E-state index is 5.61. The number of nitrogens with zero attached hydrogens (tertiary/aromatic N) is 4. The van der Waals surface area contributed by atoms with Crippen LogP contribution in [0.5, 0.6) is 0 Å². The summed E-state index contributed by atoms with van der Waals surface area (Å²) < 4.78 is 4.47. The Morgan fingerprint density at radius 3 is 2.67 bits per heavy atom. The largest absolute Gasteiger partial charge is 0.382 e. The summed E-state index contributed by atoms with van der Waals surface area (Å²) in [4.78, 5) is 0. The normalized spacial score (nSPS) is 10.9. The molecule has 2 rings (SSSR count). The Hall–Kier alpha value is -1.30. The number of rotatable bonds is 2. The third kappa shape index (κ3) is 2.04. The Bertz CT molecular complexity index is 440. The molecule has 80 valence electrons. The molecule has 2 heterocycles. The lowest BCUT2D eigenvalue weighted by Gasteiger charge is -2.01. The molecule has 0 saturated heterocycles. The molecule has 2 aromatic heterocycles. The Kier molecular flexibility index (Phi) is 2.52. The van der Waals surface area contributed by atoms with Gasteiger partial charge in [0.1, 0.15) is 10.4 Å². The van der Waals surface area contributed by atoms with E-state index in [1.165, 1.54) is 0 Å². The number of hydrogen-bond acceptors (Lipinski definition) is 3. The van der Waals surface area contributed by atoms with Crippen molar-refractivity contribution >= 4 is 21.7 Å². The molecule has 2 N–H and O–H groups in total. The van der Waals surface area contributed by atoms with E-state index in [-0.39, 0.29) is 0 Å². The molecule has 5 nitrogen and oxygen atoms in total. The number of nitrogens with two attached hydrogens (primary N) is 1. The monoisotopic (exact) mass is 269 g/mol. The number of hydrogen-bond donors (Lipinski definition) is 1. The molecule has 0 spiro atoms. The van der Waals surface area contributed by atoms with Crippen LogP contribution in [-0.4, -0.2) is 19.6 Å². The zero-order valence-electron chi connectivity index (χ0n) is 8.61. The van der Waals surface area contributed by atoms with Gasteiger partial charge in [-0.2, -0.15) is 10.2 Å². The van der Waals surface area contributed by atoms with Gasteiger partial charge in [-0.1, -0.05) is 0 Å². The van der Waals surface area contributed by atoms with Crippen molar-refractivity contribution in [1.82, 2.24) is 19.6 Å². The van der Waals surface area contributed by atoms with Crippen LogP contribution in [0.3, 0.4) is 0 Å². The zero-order chi connectivity index (χ0) is 11.0. The Labute approximate surface area is 96.0 Å². The lowest BCUT2D eigenvalue weighted by atomic mass is 10.3. The first-order valence-electron chi connectivity index (χ1n) is 4.54. The van der Waals surface area contributed by atoms with E-state index in [4.69, 9.17) is 5.73 Å². The standard InChI is InChI=1S/C9H12BrN5/c1-6-3-8(11)12-15(6)5-7-4-14(2)13-9(7)10/h3-4H,5H2,1-2H3,(H2,11,12). The first-order chi connectivity index (χ1) is 7.06. The number of halogens is 1. The van der Waals surface area contributed by atoms with Crippen LogP contribution in [0, 0.1) is 6.92 Å². The molecule has 0 aromatic carbocycles. The van der Waals surface area contributed by atoms with E-state index in [9.17, 15) is 0 Å². The molecule has 6 heteroatoms. The third-order valence-electron chi connectivity index (χ3n) is 2.17. The van der Waals surface area contributed by atoms with Crippen molar-refractivity contribution in [1.29, 1.82) is 0 Å². The zero-order valence-corrected chi connectivity index (χ0v) is 10.2. The van der Waals surface area contributed by atoms with E-state index < -0.39 is 0 Å². The highest BCUT2D eigenvalue weighted by Gasteiger charge is 2.08. The van der Waals surface area contributed by atoms with Crippen LogP contribution in [0.1, 0.15) is 11.3 Å². The van der Waals surface area contributed by atoms with Gasteiger partial charge in [0.15, 0.2) is 0 Å². The molecule has 2 aromatic rings. The van der Waals surface area contributed by atoms with Crippen molar-refractivity contribution in [2.45, 2.75) is 13.5 Å². The molecule has 15 heavy (non-hydrogen) atoms. The van der Waals surface area contributed by atoms with Crippen LogP contribution in [0.15, 0.2) is 16.9 Å².